The molecule has 5 nitrogen and oxygen atoms in total. The summed E-state index contributed by atoms with van der Waals surface area (Å²) in [4.78, 5) is 25.7. The van der Waals surface area contributed by atoms with Gasteiger partial charge in [0, 0.05) is 31.2 Å². The van der Waals surface area contributed by atoms with Gasteiger partial charge in [-0.2, -0.15) is 0 Å². The zero-order valence-electron chi connectivity index (χ0n) is 13.8. The van der Waals surface area contributed by atoms with Gasteiger partial charge in [-0.25, -0.2) is 8.78 Å². The van der Waals surface area contributed by atoms with E-state index in [1.54, 1.807) is 0 Å². The minimum atomic E-state index is -0.830. The van der Waals surface area contributed by atoms with E-state index in [4.69, 9.17) is 5.11 Å². The van der Waals surface area contributed by atoms with Crippen molar-refractivity contribution in [2.24, 2.45) is 5.92 Å². The fourth-order valence-electron chi connectivity index (χ4n) is 2.79. The minimum absolute atomic E-state index is 0.0229. The standard InChI is InChI=1S/C17H22F2N2O3/c1-3-17(2,6-7-22)20-16(24)11-8-15(23)21(10-11)14-5-4-12(18)9-13(14)19/h4-5,9,11,22H,3,6-8,10H2,1-2H3,(H,20,24). The minimum Gasteiger partial charge on any atom is -0.396 e. The number of benzene rings is 1. The lowest BCUT2D eigenvalue weighted by Crippen LogP contribution is -2.48. The Morgan fingerprint density at radius 3 is 2.75 bits per heavy atom. The van der Waals surface area contributed by atoms with Crippen LogP contribution in [0, 0.1) is 17.6 Å². The van der Waals surface area contributed by atoms with Crippen LogP contribution in [-0.4, -0.2) is 35.6 Å². The van der Waals surface area contributed by atoms with Gasteiger partial charge >= 0.3 is 0 Å². The van der Waals surface area contributed by atoms with Crippen molar-refractivity contribution in [1.29, 1.82) is 0 Å². The molecule has 2 amide bonds. The van der Waals surface area contributed by atoms with Crippen LogP contribution in [0.3, 0.4) is 0 Å². The van der Waals surface area contributed by atoms with Crippen LogP contribution >= 0.6 is 0 Å². The van der Waals surface area contributed by atoms with Crippen molar-refractivity contribution in [3.63, 3.8) is 0 Å². The third kappa shape index (κ3) is 3.90. The van der Waals surface area contributed by atoms with Gasteiger partial charge in [0.2, 0.25) is 11.8 Å². The summed E-state index contributed by atoms with van der Waals surface area (Å²) in [7, 11) is 0. The lowest BCUT2D eigenvalue weighted by atomic mass is 9.93. The number of carbonyl (C=O) groups is 2. The van der Waals surface area contributed by atoms with Crippen LogP contribution in [0.25, 0.3) is 0 Å². The monoisotopic (exact) mass is 340 g/mol. The van der Waals surface area contributed by atoms with Gasteiger partial charge in [0.1, 0.15) is 11.6 Å². The lowest BCUT2D eigenvalue weighted by Gasteiger charge is -2.30. The van der Waals surface area contributed by atoms with Crippen molar-refractivity contribution in [1.82, 2.24) is 5.32 Å². The summed E-state index contributed by atoms with van der Waals surface area (Å²) in [6, 6.07) is 2.99. The summed E-state index contributed by atoms with van der Waals surface area (Å²) in [5.41, 5.74) is -0.575. The summed E-state index contributed by atoms with van der Waals surface area (Å²) in [6.07, 6.45) is 1.02. The summed E-state index contributed by atoms with van der Waals surface area (Å²) in [5, 5.41) is 12.0. The van der Waals surface area contributed by atoms with Gasteiger partial charge in [0.25, 0.3) is 0 Å². The number of carbonyl (C=O) groups excluding carboxylic acids is 2. The van der Waals surface area contributed by atoms with Gasteiger partial charge in [0.15, 0.2) is 0 Å². The first-order chi connectivity index (χ1) is 11.3. The number of nitrogens with zero attached hydrogens (tertiary/aromatic N) is 1. The van der Waals surface area contributed by atoms with Crippen molar-refractivity contribution < 1.29 is 23.5 Å². The average Bonchev–Trinajstić information content (AvgIpc) is 2.89. The molecule has 1 aromatic rings. The summed E-state index contributed by atoms with van der Waals surface area (Å²) in [6.45, 7) is 3.72. The van der Waals surface area contributed by atoms with Gasteiger partial charge in [-0.15, -0.1) is 0 Å². The molecule has 1 aliphatic heterocycles. The molecular formula is C17H22F2N2O3. The molecule has 0 spiro atoms. The Bertz CT molecular complexity index is 638. The van der Waals surface area contributed by atoms with E-state index >= 15 is 0 Å². The highest BCUT2D eigenvalue weighted by Crippen LogP contribution is 2.28. The Labute approximate surface area is 139 Å². The molecule has 2 unspecified atom stereocenters. The molecule has 1 saturated heterocycles. The van der Waals surface area contributed by atoms with Gasteiger partial charge in [-0.1, -0.05) is 6.92 Å². The Morgan fingerprint density at radius 2 is 2.17 bits per heavy atom. The number of hydrogen-bond donors (Lipinski definition) is 2. The average molecular weight is 340 g/mol. The van der Waals surface area contributed by atoms with E-state index in [9.17, 15) is 18.4 Å². The summed E-state index contributed by atoms with van der Waals surface area (Å²) < 4.78 is 26.9. The molecule has 0 aromatic heterocycles. The highest BCUT2D eigenvalue weighted by molar-refractivity contribution is 6.00. The second-order valence-corrected chi connectivity index (χ2v) is 6.38. The second kappa shape index (κ2) is 7.25. The largest absolute Gasteiger partial charge is 0.396 e. The Hall–Kier alpha value is -2.02. The van der Waals surface area contributed by atoms with Gasteiger partial charge in [-0.05, 0) is 31.9 Å². The number of halogens is 2. The molecule has 7 heteroatoms. The van der Waals surface area contributed by atoms with Crippen LogP contribution < -0.4 is 10.2 Å². The first-order valence-electron chi connectivity index (χ1n) is 7.98. The maximum absolute atomic E-state index is 13.9. The second-order valence-electron chi connectivity index (χ2n) is 6.38. The number of hydrogen-bond acceptors (Lipinski definition) is 3. The number of anilines is 1. The first kappa shape index (κ1) is 18.3. The Morgan fingerprint density at radius 1 is 1.46 bits per heavy atom. The zero-order chi connectivity index (χ0) is 17.9. The SMILES string of the molecule is CCC(C)(CCO)NC(=O)C1CC(=O)N(c2ccc(F)cc2F)C1. The van der Waals surface area contributed by atoms with Crippen molar-refractivity contribution in [3.05, 3.63) is 29.8 Å². The highest BCUT2D eigenvalue weighted by Gasteiger charge is 2.38. The molecule has 1 fully saturated rings. The van der Waals surface area contributed by atoms with E-state index in [0.29, 0.717) is 18.9 Å². The number of rotatable bonds is 6. The number of aliphatic hydroxyl groups excluding tert-OH is 1. The van der Waals surface area contributed by atoms with Crippen LogP contribution in [0.2, 0.25) is 0 Å². The van der Waals surface area contributed by atoms with Gasteiger partial charge in [0.05, 0.1) is 11.6 Å². The normalized spacial score (nSPS) is 20.1. The molecule has 24 heavy (non-hydrogen) atoms. The zero-order valence-corrected chi connectivity index (χ0v) is 13.8. The van der Waals surface area contributed by atoms with E-state index in [2.05, 4.69) is 5.32 Å². The predicted molar refractivity (Wildman–Crippen MR) is 85.4 cm³/mol. The van der Waals surface area contributed by atoms with Crippen molar-refractivity contribution in [2.75, 3.05) is 18.1 Å². The fourth-order valence-corrected chi connectivity index (χ4v) is 2.79. The molecule has 2 atom stereocenters. The molecule has 0 radical (unpaired) electrons. The molecule has 1 aliphatic rings. The molecule has 1 aromatic carbocycles. The molecule has 1 heterocycles. The van der Waals surface area contributed by atoms with E-state index < -0.39 is 23.1 Å². The smallest absolute Gasteiger partial charge is 0.227 e. The topological polar surface area (TPSA) is 69.6 Å². The maximum Gasteiger partial charge on any atom is 0.227 e. The molecule has 2 rings (SSSR count). The Balaban J connectivity index is 2.10. The van der Waals surface area contributed by atoms with E-state index in [0.717, 1.165) is 6.07 Å². The molecule has 2 N–H and O–H groups in total. The molecule has 132 valence electrons. The first-order valence-corrected chi connectivity index (χ1v) is 7.98. The van der Waals surface area contributed by atoms with Crippen molar-refractivity contribution in [3.8, 4) is 0 Å². The molecule has 0 bridgehead atoms. The third-order valence-electron chi connectivity index (χ3n) is 4.57. The van der Waals surface area contributed by atoms with Crippen LogP contribution in [0.15, 0.2) is 18.2 Å². The van der Waals surface area contributed by atoms with Crippen LogP contribution in [0.1, 0.15) is 33.1 Å². The van der Waals surface area contributed by atoms with E-state index in [1.807, 2.05) is 13.8 Å². The van der Waals surface area contributed by atoms with Gasteiger partial charge in [-0.3, -0.25) is 9.59 Å². The van der Waals surface area contributed by atoms with Crippen LogP contribution in [0.4, 0.5) is 14.5 Å². The molecule has 0 saturated carbocycles. The number of aliphatic hydroxyl groups is 1. The van der Waals surface area contributed by atoms with Gasteiger partial charge < -0.3 is 15.3 Å². The molecular weight excluding hydrogens is 318 g/mol. The fraction of sp³-hybridized carbons (Fsp3) is 0.529. The van der Waals surface area contributed by atoms with Crippen molar-refractivity contribution >= 4 is 17.5 Å². The maximum atomic E-state index is 13.9. The van der Waals surface area contributed by atoms with E-state index in [-0.39, 0.29) is 37.1 Å². The lowest BCUT2D eigenvalue weighted by molar-refractivity contribution is -0.128. The van der Waals surface area contributed by atoms with Crippen LogP contribution in [0.5, 0.6) is 0 Å². The third-order valence-corrected chi connectivity index (χ3v) is 4.57. The van der Waals surface area contributed by atoms with Crippen LogP contribution in [-0.2, 0) is 9.59 Å². The number of nitrogens with one attached hydrogen (secondary N) is 1. The van der Waals surface area contributed by atoms with Crippen molar-refractivity contribution in [2.45, 2.75) is 38.6 Å². The Kier molecular flexibility index (Phi) is 5.54. The summed E-state index contributed by atoms with van der Waals surface area (Å²) in [5.74, 6) is -2.83. The van der Waals surface area contributed by atoms with E-state index in [1.165, 1.54) is 11.0 Å². The predicted octanol–water partition coefficient (Wildman–Crippen LogP) is 1.98. The quantitative estimate of drug-likeness (QED) is 0.832. The highest BCUT2D eigenvalue weighted by atomic mass is 19.1. The molecule has 0 aliphatic carbocycles. The summed E-state index contributed by atoms with van der Waals surface area (Å²) >= 11 is 0. The number of amides is 2.